The highest BCUT2D eigenvalue weighted by Gasteiger charge is 2.43. The Morgan fingerprint density at radius 2 is 2.12 bits per heavy atom. The van der Waals surface area contributed by atoms with Gasteiger partial charge < -0.3 is 20.9 Å². The van der Waals surface area contributed by atoms with Crippen LogP contribution in [0.2, 0.25) is 0 Å². The Morgan fingerprint density at radius 1 is 1.35 bits per heavy atom. The molecule has 0 aliphatic carbocycles. The Hall–Kier alpha value is -0.660. The number of likely N-dealkylation sites (tertiary alicyclic amines) is 1. The molecule has 0 amide bonds. The zero-order valence-electron chi connectivity index (χ0n) is 17.5. The Bertz CT molecular complexity index is 417. The van der Waals surface area contributed by atoms with Gasteiger partial charge in [0, 0.05) is 51.2 Å². The van der Waals surface area contributed by atoms with Gasteiger partial charge in [0.15, 0.2) is 0 Å². The maximum Gasteiger partial charge on any atom is 0.0793 e. The molecule has 2 rings (SSSR count). The Kier molecular flexibility index (Phi) is 8.84. The van der Waals surface area contributed by atoms with Crippen LogP contribution in [0.15, 0.2) is 12.8 Å². The fourth-order valence-electron chi connectivity index (χ4n) is 5.01. The van der Waals surface area contributed by atoms with Crippen LogP contribution in [0.3, 0.4) is 0 Å². The first-order valence-corrected chi connectivity index (χ1v) is 10.5. The van der Waals surface area contributed by atoms with E-state index in [1.165, 1.54) is 19.3 Å². The summed E-state index contributed by atoms with van der Waals surface area (Å²) in [4.78, 5) is 4.76. The minimum Gasteiger partial charge on any atom is -0.362 e. The third-order valence-electron chi connectivity index (χ3n) is 6.32. The van der Waals surface area contributed by atoms with Crippen LogP contribution >= 0.6 is 0 Å². The van der Waals surface area contributed by atoms with Gasteiger partial charge >= 0.3 is 0 Å². The zero-order valence-corrected chi connectivity index (χ0v) is 17.5. The second-order valence-corrected chi connectivity index (χ2v) is 8.18. The van der Waals surface area contributed by atoms with Crippen LogP contribution in [0.4, 0.5) is 0 Å². The van der Waals surface area contributed by atoms with E-state index in [2.05, 4.69) is 53.0 Å². The molecule has 5 atom stereocenters. The van der Waals surface area contributed by atoms with Gasteiger partial charge in [-0.2, -0.15) is 0 Å². The molecule has 5 unspecified atom stereocenters. The van der Waals surface area contributed by atoms with Crippen LogP contribution in [0, 0.1) is 17.8 Å². The molecule has 0 bridgehead atoms. The van der Waals surface area contributed by atoms with Gasteiger partial charge in [0.1, 0.15) is 0 Å². The van der Waals surface area contributed by atoms with E-state index in [0.29, 0.717) is 23.8 Å². The van der Waals surface area contributed by atoms with Crippen molar-refractivity contribution >= 4 is 0 Å². The van der Waals surface area contributed by atoms with Crippen molar-refractivity contribution in [2.45, 2.75) is 45.3 Å². The summed E-state index contributed by atoms with van der Waals surface area (Å²) in [5.41, 5.74) is 10.2. The molecule has 6 heteroatoms. The highest BCUT2D eigenvalue weighted by Crippen LogP contribution is 2.36. The normalized spacial score (nSPS) is 33.2. The Balaban J connectivity index is 2.10. The SMILES string of the molecule is C=CN1CC(C2C(CN(C)CCNC)CNN2CC)CC(CCC)C1N. The molecule has 2 aliphatic heterocycles. The third-order valence-corrected chi connectivity index (χ3v) is 6.32. The summed E-state index contributed by atoms with van der Waals surface area (Å²) in [6.07, 6.45) is 5.74. The second-order valence-electron chi connectivity index (χ2n) is 8.18. The van der Waals surface area contributed by atoms with E-state index in [0.717, 1.165) is 39.3 Å². The Morgan fingerprint density at radius 3 is 2.73 bits per heavy atom. The van der Waals surface area contributed by atoms with E-state index >= 15 is 0 Å². The molecule has 0 aromatic rings. The van der Waals surface area contributed by atoms with Gasteiger partial charge in [-0.15, -0.1) is 0 Å². The molecule has 152 valence electrons. The van der Waals surface area contributed by atoms with Gasteiger partial charge in [-0.25, -0.2) is 5.01 Å². The number of hydrogen-bond acceptors (Lipinski definition) is 6. The maximum atomic E-state index is 6.53. The molecule has 2 saturated heterocycles. The van der Waals surface area contributed by atoms with Crippen LogP contribution in [-0.4, -0.2) is 80.4 Å². The van der Waals surface area contributed by atoms with Crippen LogP contribution in [0.5, 0.6) is 0 Å². The third kappa shape index (κ3) is 5.20. The molecule has 0 spiro atoms. The highest BCUT2D eigenvalue weighted by atomic mass is 15.5. The van der Waals surface area contributed by atoms with Crippen molar-refractivity contribution in [1.29, 1.82) is 0 Å². The van der Waals surface area contributed by atoms with Crippen molar-refractivity contribution in [1.82, 2.24) is 25.6 Å². The number of nitrogens with zero attached hydrogens (tertiary/aromatic N) is 3. The molecule has 26 heavy (non-hydrogen) atoms. The molecule has 2 fully saturated rings. The first kappa shape index (κ1) is 21.6. The zero-order chi connectivity index (χ0) is 19.1. The van der Waals surface area contributed by atoms with Crippen molar-refractivity contribution in [2.75, 3.05) is 53.4 Å². The predicted octanol–water partition coefficient (Wildman–Crippen LogP) is 1.13. The molecule has 6 nitrogen and oxygen atoms in total. The minimum absolute atomic E-state index is 0.130. The van der Waals surface area contributed by atoms with E-state index < -0.39 is 0 Å². The summed E-state index contributed by atoms with van der Waals surface area (Å²) in [5.74, 6) is 1.87. The summed E-state index contributed by atoms with van der Waals surface area (Å²) in [6, 6.07) is 0.575. The molecule has 0 saturated carbocycles. The monoisotopic (exact) mass is 366 g/mol. The lowest BCUT2D eigenvalue weighted by Crippen LogP contribution is -2.56. The first-order chi connectivity index (χ1) is 12.5. The number of likely N-dealkylation sites (N-methyl/N-ethyl adjacent to an activating group) is 2. The summed E-state index contributed by atoms with van der Waals surface area (Å²) < 4.78 is 0. The molecule has 0 aromatic carbocycles. The molecule has 2 heterocycles. The number of nitrogens with one attached hydrogen (secondary N) is 2. The summed E-state index contributed by atoms with van der Waals surface area (Å²) in [5, 5.41) is 5.75. The largest absolute Gasteiger partial charge is 0.362 e. The lowest BCUT2D eigenvalue weighted by Gasteiger charge is -2.47. The summed E-state index contributed by atoms with van der Waals surface area (Å²) >= 11 is 0. The van der Waals surface area contributed by atoms with E-state index in [9.17, 15) is 0 Å². The van der Waals surface area contributed by atoms with Gasteiger partial charge in [-0.3, -0.25) is 5.43 Å². The molecular formula is C20H42N6. The topological polar surface area (TPSA) is 59.8 Å². The van der Waals surface area contributed by atoms with Gasteiger partial charge in [0.25, 0.3) is 0 Å². The quantitative estimate of drug-likeness (QED) is 0.539. The van der Waals surface area contributed by atoms with Crippen molar-refractivity contribution in [3.8, 4) is 0 Å². The van der Waals surface area contributed by atoms with E-state index in [4.69, 9.17) is 5.73 Å². The molecular weight excluding hydrogens is 324 g/mol. The van der Waals surface area contributed by atoms with Gasteiger partial charge in [0.05, 0.1) is 6.17 Å². The van der Waals surface area contributed by atoms with Crippen molar-refractivity contribution in [3.63, 3.8) is 0 Å². The van der Waals surface area contributed by atoms with E-state index in [1.54, 1.807) is 0 Å². The van der Waals surface area contributed by atoms with Gasteiger partial charge in [-0.05, 0) is 45.0 Å². The number of hydrogen-bond donors (Lipinski definition) is 3. The number of piperidine rings is 1. The standard InChI is InChI=1S/C20H42N6/c1-6-9-16-12-17(15-25(7-2)20(16)21)19-18(13-23-26(19)8-3)14-24(5)11-10-22-4/h7,16-20,22-23H,2,6,8-15,21H2,1,3-5H3. The van der Waals surface area contributed by atoms with Gasteiger partial charge in [-0.1, -0.05) is 26.8 Å². The van der Waals surface area contributed by atoms with Crippen LogP contribution < -0.4 is 16.5 Å². The van der Waals surface area contributed by atoms with E-state index in [-0.39, 0.29) is 6.17 Å². The van der Waals surface area contributed by atoms with Crippen molar-refractivity contribution in [3.05, 3.63) is 12.8 Å². The second kappa shape index (κ2) is 10.6. The minimum atomic E-state index is 0.130. The van der Waals surface area contributed by atoms with Crippen LogP contribution in [0.1, 0.15) is 33.1 Å². The fourth-order valence-corrected chi connectivity index (χ4v) is 5.01. The summed E-state index contributed by atoms with van der Waals surface area (Å²) in [7, 11) is 4.27. The average Bonchev–Trinajstić information content (AvgIpc) is 3.04. The average molecular weight is 367 g/mol. The molecule has 0 aromatic heterocycles. The van der Waals surface area contributed by atoms with Crippen molar-refractivity contribution < 1.29 is 0 Å². The molecule has 4 N–H and O–H groups in total. The first-order valence-electron chi connectivity index (χ1n) is 10.5. The lowest BCUT2D eigenvalue weighted by molar-refractivity contribution is 0.0264. The Labute approximate surface area is 161 Å². The van der Waals surface area contributed by atoms with Crippen LogP contribution in [0.25, 0.3) is 0 Å². The fraction of sp³-hybridized carbons (Fsp3) is 0.900. The number of nitrogens with two attached hydrogens (primary N) is 1. The van der Waals surface area contributed by atoms with E-state index in [1.807, 2.05) is 13.2 Å². The number of rotatable bonds is 10. The van der Waals surface area contributed by atoms with Crippen LogP contribution in [-0.2, 0) is 0 Å². The highest BCUT2D eigenvalue weighted by molar-refractivity contribution is 4.98. The molecule has 2 aliphatic rings. The van der Waals surface area contributed by atoms with Crippen molar-refractivity contribution in [2.24, 2.45) is 23.5 Å². The smallest absolute Gasteiger partial charge is 0.0793 e. The lowest BCUT2D eigenvalue weighted by atomic mass is 9.77. The predicted molar refractivity (Wildman–Crippen MR) is 110 cm³/mol. The maximum absolute atomic E-state index is 6.53. The summed E-state index contributed by atoms with van der Waals surface area (Å²) in [6.45, 7) is 15.0. The number of hydrazine groups is 1. The molecule has 0 radical (unpaired) electrons. The van der Waals surface area contributed by atoms with Gasteiger partial charge in [0.2, 0.25) is 0 Å².